The topological polar surface area (TPSA) is 0 Å². The molecule has 0 atom stereocenters. The summed E-state index contributed by atoms with van der Waals surface area (Å²) < 4.78 is 1.24. The smallest absolute Gasteiger partial charge is 0.0782 e. The van der Waals surface area contributed by atoms with E-state index in [0.717, 1.165) is 0 Å². The highest BCUT2D eigenvalue weighted by atomic mass is 79.9. The van der Waals surface area contributed by atoms with Crippen LogP contribution in [0.1, 0.15) is 117 Å². The van der Waals surface area contributed by atoms with Crippen molar-refractivity contribution in [1.82, 2.24) is 0 Å². The molecule has 0 spiro atoms. The predicted octanol–water partition coefficient (Wildman–Crippen LogP) is 9.08. The highest BCUT2D eigenvalue weighted by Crippen LogP contribution is 2.13. The van der Waals surface area contributed by atoms with Gasteiger partial charge in [0.25, 0.3) is 0 Å². The third-order valence-corrected chi connectivity index (χ3v) is 5.23. The first-order valence-electron chi connectivity index (χ1n) is 10.9. The first-order chi connectivity index (χ1) is 11.1. The molecule has 0 fully saturated rings. The maximum atomic E-state index is 2.43. The number of rotatable bonds is 18. The lowest BCUT2D eigenvalue weighted by atomic mass is 10.1. The molecule has 26 heavy (non-hydrogen) atoms. The molecule has 0 aromatic carbocycles. The fourth-order valence-corrected chi connectivity index (χ4v) is 3.46. The summed E-state index contributed by atoms with van der Waals surface area (Å²) in [7, 11) is 4.87. The number of nitrogens with zero attached hydrogens (tertiary/aromatic N) is 1. The van der Waals surface area contributed by atoms with Crippen molar-refractivity contribution in [3.05, 3.63) is 0 Å². The van der Waals surface area contributed by atoms with E-state index in [2.05, 4.69) is 27.9 Å². The van der Waals surface area contributed by atoms with Gasteiger partial charge in [0.05, 0.1) is 27.2 Å². The molecule has 0 aromatic rings. The van der Waals surface area contributed by atoms with Crippen LogP contribution in [0.4, 0.5) is 0 Å². The lowest BCUT2D eigenvalue weighted by Gasteiger charge is -2.30. The first kappa shape index (κ1) is 34.9. The molecule has 0 N–H and O–H groups in total. The van der Waals surface area contributed by atoms with Gasteiger partial charge in [0.1, 0.15) is 0 Å². The van der Waals surface area contributed by atoms with E-state index in [1.54, 1.807) is 0 Å². The Morgan fingerprint density at radius 1 is 0.385 bits per heavy atom. The predicted molar refractivity (Wildman–Crippen MR) is 138 cm³/mol. The summed E-state index contributed by atoms with van der Waals surface area (Å²) in [6, 6.07) is 0. The van der Waals surface area contributed by atoms with E-state index in [9.17, 15) is 0 Å². The van der Waals surface area contributed by atoms with Crippen LogP contribution in [0.3, 0.4) is 0 Å². The third-order valence-electron chi connectivity index (χ3n) is 5.23. The third kappa shape index (κ3) is 27.6. The molecule has 0 aromatic heterocycles. The Labute approximate surface area is 198 Å². The van der Waals surface area contributed by atoms with Crippen molar-refractivity contribution < 1.29 is 4.48 Å². The van der Waals surface area contributed by atoms with Gasteiger partial charge in [-0.3, -0.25) is 0 Å². The molecule has 164 valence electrons. The van der Waals surface area contributed by atoms with E-state index in [4.69, 9.17) is 0 Å². The van der Waals surface area contributed by atoms with E-state index < -0.39 is 0 Å². The molecule has 0 saturated heterocycles. The molecule has 0 aliphatic rings. The Kier molecular flexibility index (Phi) is 35.4. The van der Waals surface area contributed by atoms with Crippen LogP contribution in [0.2, 0.25) is 0 Å². The summed E-state index contributed by atoms with van der Waals surface area (Å²) in [4.78, 5) is 0. The van der Waals surface area contributed by atoms with Gasteiger partial charge in [-0.25, -0.2) is 0 Å². The molecular weight excluding hydrogens is 518 g/mol. The number of quaternary nitrogens is 1. The molecular formula is C22H51Br3N+. The second kappa shape index (κ2) is 26.4. The molecule has 0 amide bonds. The van der Waals surface area contributed by atoms with Gasteiger partial charge in [-0.05, 0) is 25.7 Å². The number of halogens is 3. The standard InChI is InChI=1S/C22H48N.3BrH/c1-5-7-9-11-13-15-17-19-21-23(3,4)22-20-18-16-14-12-10-8-6-2;;;/h5-22H2,1-4H3;3*1H/q+1;;;. The molecule has 0 rings (SSSR count). The average Bonchev–Trinajstić information content (AvgIpc) is 2.52. The van der Waals surface area contributed by atoms with E-state index >= 15 is 0 Å². The Balaban J connectivity index is -0.000000807. The summed E-state index contributed by atoms with van der Waals surface area (Å²) in [5.41, 5.74) is 0. The summed E-state index contributed by atoms with van der Waals surface area (Å²) in [5, 5.41) is 0. The molecule has 0 bridgehead atoms. The van der Waals surface area contributed by atoms with E-state index in [1.165, 1.54) is 120 Å². The van der Waals surface area contributed by atoms with Crippen molar-refractivity contribution in [2.24, 2.45) is 0 Å². The second-order valence-electron chi connectivity index (χ2n) is 8.33. The first-order valence-corrected chi connectivity index (χ1v) is 10.9. The maximum absolute atomic E-state index is 2.43. The van der Waals surface area contributed by atoms with Gasteiger partial charge in [0, 0.05) is 0 Å². The highest BCUT2D eigenvalue weighted by molar-refractivity contribution is 8.93. The van der Waals surface area contributed by atoms with Crippen LogP contribution >= 0.6 is 50.9 Å². The van der Waals surface area contributed by atoms with Crippen LogP contribution in [0.25, 0.3) is 0 Å². The summed E-state index contributed by atoms with van der Waals surface area (Å²) in [6.07, 6.45) is 23.0. The van der Waals surface area contributed by atoms with Gasteiger partial charge < -0.3 is 4.48 Å². The molecule has 0 radical (unpaired) electrons. The van der Waals surface area contributed by atoms with Gasteiger partial charge in [-0.15, -0.1) is 50.9 Å². The van der Waals surface area contributed by atoms with Crippen LogP contribution in [0.5, 0.6) is 0 Å². The van der Waals surface area contributed by atoms with E-state index in [-0.39, 0.29) is 50.9 Å². The zero-order valence-corrected chi connectivity index (χ0v) is 23.5. The Morgan fingerprint density at radius 2 is 0.615 bits per heavy atom. The zero-order chi connectivity index (χ0) is 17.2. The van der Waals surface area contributed by atoms with Crippen molar-refractivity contribution in [2.45, 2.75) is 117 Å². The Bertz CT molecular complexity index is 213. The number of hydrogen-bond donors (Lipinski definition) is 0. The average molecular weight is 569 g/mol. The summed E-state index contributed by atoms with van der Waals surface area (Å²) in [6.45, 7) is 7.36. The molecule has 0 unspecified atom stereocenters. The fourth-order valence-electron chi connectivity index (χ4n) is 3.46. The van der Waals surface area contributed by atoms with Crippen LogP contribution < -0.4 is 0 Å². The van der Waals surface area contributed by atoms with E-state index in [0.29, 0.717) is 0 Å². The monoisotopic (exact) mass is 566 g/mol. The fraction of sp³-hybridized carbons (Fsp3) is 1.00. The SMILES string of the molecule is Br.Br.Br.CCCCCCCCCC[N+](C)(C)CCCCCCCCCC. The van der Waals surface area contributed by atoms with Crippen molar-refractivity contribution in [3.63, 3.8) is 0 Å². The van der Waals surface area contributed by atoms with Crippen LogP contribution in [-0.4, -0.2) is 31.7 Å². The van der Waals surface area contributed by atoms with Crippen LogP contribution in [0, 0.1) is 0 Å². The molecule has 0 saturated carbocycles. The quantitative estimate of drug-likeness (QED) is 0.114. The van der Waals surface area contributed by atoms with Crippen LogP contribution in [-0.2, 0) is 0 Å². The minimum absolute atomic E-state index is 0. The second-order valence-corrected chi connectivity index (χ2v) is 8.33. The van der Waals surface area contributed by atoms with Gasteiger partial charge in [0.15, 0.2) is 0 Å². The minimum atomic E-state index is 0. The molecule has 1 nitrogen and oxygen atoms in total. The molecule has 0 heterocycles. The largest absolute Gasteiger partial charge is 0.328 e. The highest BCUT2D eigenvalue weighted by Gasteiger charge is 2.13. The lowest BCUT2D eigenvalue weighted by molar-refractivity contribution is -0.890. The Morgan fingerprint density at radius 3 is 0.885 bits per heavy atom. The van der Waals surface area contributed by atoms with Gasteiger partial charge in [-0.1, -0.05) is 90.9 Å². The Hall–Kier alpha value is 1.40. The van der Waals surface area contributed by atoms with E-state index in [1.807, 2.05) is 0 Å². The van der Waals surface area contributed by atoms with Crippen molar-refractivity contribution in [2.75, 3.05) is 27.2 Å². The number of unbranched alkanes of at least 4 members (excludes halogenated alkanes) is 14. The van der Waals surface area contributed by atoms with Gasteiger partial charge >= 0.3 is 0 Å². The molecule has 4 heteroatoms. The summed E-state index contributed by atoms with van der Waals surface area (Å²) >= 11 is 0. The van der Waals surface area contributed by atoms with Gasteiger partial charge in [-0.2, -0.15) is 0 Å². The summed E-state index contributed by atoms with van der Waals surface area (Å²) in [5.74, 6) is 0. The maximum Gasteiger partial charge on any atom is 0.0782 e. The lowest BCUT2D eigenvalue weighted by Crippen LogP contribution is -2.41. The van der Waals surface area contributed by atoms with Crippen LogP contribution in [0.15, 0.2) is 0 Å². The minimum Gasteiger partial charge on any atom is -0.328 e. The molecule has 0 aliphatic heterocycles. The normalized spacial score (nSPS) is 10.6. The van der Waals surface area contributed by atoms with Crippen molar-refractivity contribution in [1.29, 1.82) is 0 Å². The zero-order valence-electron chi connectivity index (χ0n) is 18.4. The van der Waals surface area contributed by atoms with Crippen molar-refractivity contribution in [3.8, 4) is 0 Å². The van der Waals surface area contributed by atoms with Crippen molar-refractivity contribution >= 4 is 50.9 Å². The number of hydrogen-bond acceptors (Lipinski definition) is 0. The van der Waals surface area contributed by atoms with Gasteiger partial charge in [0.2, 0.25) is 0 Å². The molecule has 0 aliphatic carbocycles.